The number of anilines is 2. The van der Waals surface area contributed by atoms with Gasteiger partial charge in [0.1, 0.15) is 11.3 Å². The van der Waals surface area contributed by atoms with Crippen LogP contribution in [-0.4, -0.2) is 30.7 Å². The van der Waals surface area contributed by atoms with Crippen molar-refractivity contribution >= 4 is 28.9 Å². The first-order chi connectivity index (χ1) is 20.5. The molecule has 0 atom stereocenters. The van der Waals surface area contributed by atoms with Gasteiger partial charge in [0, 0.05) is 30.8 Å². The number of nitrogens with one attached hydrogen (secondary N) is 2. The fourth-order valence-corrected chi connectivity index (χ4v) is 4.18. The van der Waals surface area contributed by atoms with E-state index in [2.05, 4.69) is 15.7 Å². The van der Waals surface area contributed by atoms with Crippen molar-refractivity contribution in [2.75, 3.05) is 10.6 Å². The van der Waals surface area contributed by atoms with E-state index in [-0.39, 0.29) is 28.8 Å². The quantitative estimate of drug-likeness (QED) is 0.276. The van der Waals surface area contributed by atoms with Crippen LogP contribution in [0, 0.1) is 11.6 Å². The maximum absolute atomic E-state index is 15.0. The summed E-state index contributed by atoms with van der Waals surface area (Å²) in [6.45, 7) is 4.71. The highest BCUT2D eigenvalue weighted by molar-refractivity contribution is 5.89. The molecule has 0 fully saturated rings. The molecule has 3 heterocycles. The van der Waals surface area contributed by atoms with E-state index in [9.17, 15) is 23.6 Å². The van der Waals surface area contributed by atoms with Crippen LogP contribution in [0.1, 0.15) is 26.8 Å². The number of halogens is 2. The number of aromatic nitrogens is 4. The number of hydrogen-bond donors (Lipinski definition) is 2. The van der Waals surface area contributed by atoms with Gasteiger partial charge >= 0.3 is 17.3 Å². The van der Waals surface area contributed by atoms with Crippen LogP contribution in [0.2, 0.25) is 0 Å². The van der Waals surface area contributed by atoms with Crippen molar-refractivity contribution < 1.29 is 27.8 Å². The highest BCUT2D eigenvalue weighted by Crippen LogP contribution is 2.32. The van der Waals surface area contributed by atoms with Gasteiger partial charge < -0.3 is 14.8 Å². The van der Waals surface area contributed by atoms with Gasteiger partial charge in [-0.15, -0.1) is 0 Å². The van der Waals surface area contributed by atoms with Crippen molar-refractivity contribution in [2.45, 2.75) is 26.8 Å². The van der Waals surface area contributed by atoms with Gasteiger partial charge in [0.2, 0.25) is 11.7 Å². The molecule has 0 aliphatic rings. The minimum Gasteiger partial charge on any atom is -0.452 e. The van der Waals surface area contributed by atoms with Gasteiger partial charge in [-0.05, 0) is 56.3 Å². The van der Waals surface area contributed by atoms with Crippen LogP contribution in [-0.2, 0) is 4.79 Å². The molecule has 0 unspecified atom stereocenters. The van der Waals surface area contributed by atoms with E-state index in [0.29, 0.717) is 11.2 Å². The molecule has 3 aromatic heterocycles. The lowest BCUT2D eigenvalue weighted by molar-refractivity contribution is -0.114. The van der Waals surface area contributed by atoms with Crippen molar-refractivity contribution in [2.24, 2.45) is 0 Å². The molecule has 43 heavy (non-hydrogen) atoms. The molecule has 0 radical (unpaired) electrons. The van der Waals surface area contributed by atoms with Gasteiger partial charge in [-0.25, -0.2) is 27.5 Å². The first kappa shape index (κ1) is 28.7. The Bertz CT molecular complexity index is 1980. The Hall–Kier alpha value is -5.79. The zero-order valence-corrected chi connectivity index (χ0v) is 23.0. The van der Waals surface area contributed by atoms with Crippen LogP contribution >= 0.6 is 0 Å². The monoisotopic (exact) mass is 590 g/mol. The summed E-state index contributed by atoms with van der Waals surface area (Å²) in [5, 5.41) is 9.07. The molecular weight excluding hydrogens is 566 g/mol. The van der Waals surface area contributed by atoms with Gasteiger partial charge in [-0.3, -0.25) is 19.5 Å². The maximum Gasteiger partial charge on any atom is 0.417 e. The van der Waals surface area contributed by atoms with E-state index in [1.807, 2.05) is 0 Å². The average molecular weight is 591 g/mol. The number of rotatable bonds is 7. The third kappa shape index (κ3) is 6.12. The van der Waals surface area contributed by atoms with Gasteiger partial charge in [0.05, 0.1) is 30.0 Å². The summed E-state index contributed by atoms with van der Waals surface area (Å²) in [6.07, 6.45) is 3.05. The Morgan fingerprint density at radius 3 is 2.30 bits per heavy atom. The molecule has 12 nitrogen and oxygen atoms in total. The second kappa shape index (κ2) is 11.6. The van der Waals surface area contributed by atoms with Crippen LogP contribution in [0.15, 0.2) is 82.8 Å². The molecule has 14 heteroatoms. The number of pyridine rings is 1. The lowest BCUT2D eigenvalue weighted by Crippen LogP contribution is -2.40. The number of hydrogen-bond acceptors (Lipinski definition) is 7. The molecule has 2 N–H and O–H groups in total. The maximum atomic E-state index is 15.0. The molecule has 2 amide bonds. The van der Waals surface area contributed by atoms with Gasteiger partial charge in [0.15, 0.2) is 17.3 Å². The Kier molecular flexibility index (Phi) is 7.75. The van der Waals surface area contributed by atoms with Crippen LogP contribution in [0.4, 0.5) is 25.0 Å². The van der Waals surface area contributed by atoms with Crippen molar-refractivity contribution in [3.8, 4) is 22.9 Å². The van der Waals surface area contributed by atoms with E-state index in [4.69, 9.17) is 9.47 Å². The summed E-state index contributed by atoms with van der Waals surface area (Å²) >= 11 is 0. The first-order valence-corrected chi connectivity index (χ1v) is 12.9. The SMILES string of the molecule is CC(=O)Nc1cc(Oc2ccc(NC(=O)Oc3cn(C(C)C)c(=O)n(-c4ccc(F)cc4)c3=O)cc2F)c2ccnn2c1. The van der Waals surface area contributed by atoms with Crippen LogP contribution in [0.25, 0.3) is 11.2 Å². The summed E-state index contributed by atoms with van der Waals surface area (Å²) in [5.41, 5.74) is -0.729. The lowest BCUT2D eigenvalue weighted by Gasteiger charge is -2.16. The number of carbonyl (C=O) groups excluding carboxylic acids is 2. The zero-order chi connectivity index (χ0) is 30.8. The highest BCUT2D eigenvalue weighted by Gasteiger charge is 2.19. The molecular formula is C29H24F2N6O6. The third-order valence-electron chi connectivity index (χ3n) is 6.12. The van der Waals surface area contributed by atoms with E-state index < -0.39 is 40.8 Å². The van der Waals surface area contributed by atoms with Crippen molar-refractivity contribution in [1.82, 2.24) is 18.7 Å². The molecule has 0 bridgehead atoms. The number of benzene rings is 2. The highest BCUT2D eigenvalue weighted by atomic mass is 19.1. The van der Waals surface area contributed by atoms with Crippen molar-refractivity contribution in [1.29, 1.82) is 0 Å². The summed E-state index contributed by atoms with van der Waals surface area (Å²) in [6, 6.07) is 11.0. The van der Waals surface area contributed by atoms with Crippen molar-refractivity contribution in [3.63, 3.8) is 0 Å². The van der Waals surface area contributed by atoms with Crippen LogP contribution in [0.5, 0.6) is 17.2 Å². The van der Waals surface area contributed by atoms with Crippen LogP contribution < -0.4 is 31.4 Å². The molecule has 220 valence electrons. The van der Waals surface area contributed by atoms with Gasteiger partial charge in [-0.2, -0.15) is 5.10 Å². The van der Waals surface area contributed by atoms with Gasteiger partial charge in [0.25, 0.3) is 0 Å². The van der Waals surface area contributed by atoms with Crippen molar-refractivity contribution in [3.05, 3.63) is 106 Å². The molecule has 5 aromatic rings. The first-order valence-electron chi connectivity index (χ1n) is 12.9. The minimum atomic E-state index is -1.13. The summed E-state index contributed by atoms with van der Waals surface area (Å²) in [7, 11) is 0. The number of nitrogens with zero attached hydrogens (tertiary/aromatic N) is 4. The van der Waals surface area contributed by atoms with Gasteiger partial charge in [-0.1, -0.05) is 0 Å². The number of amides is 2. The number of ether oxygens (including phenoxy) is 2. The number of fused-ring (bicyclic) bond motifs is 1. The summed E-state index contributed by atoms with van der Waals surface area (Å²) in [4.78, 5) is 50.3. The molecule has 5 rings (SSSR count). The molecule has 2 aromatic carbocycles. The fraction of sp³-hybridized carbons (Fsp3) is 0.138. The Balaban J connectivity index is 1.38. The predicted molar refractivity (Wildman–Crippen MR) is 152 cm³/mol. The van der Waals surface area contributed by atoms with E-state index in [1.165, 1.54) is 52.5 Å². The van der Waals surface area contributed by atoms with E-state index in [0.717, 1.165) is 29.0 Å². The molecule has 0 aliphatic heterocycles. The Labute approximate surface area is 241 Å². The second-order valence-corrected chi connectivity index (χ2v) is 9.59. The zero-order valence-electron chi connectivity index (χ0n) is 23.0. The summed E-state index contributed by atoms with van der Waals surface area (Å²) < 4.78 is 42.8. The molecule has 0 aliphatic carbocycles. The fourth-order valence-electron chi connectivity index (χ4n) is 4.18. The smallest absolute Gasteiger partial charge is 0.417 e. The Morgan fingerprint density at radius 1 is 0.884 bits per heavy atom. The molecule has 0 saturated heterocycles. The van der Waals surface area contributed by atoms with E-state index >= 15 is 4.39 Å². The largest absolute Gasteiger partial charge is 0.452 e. The second-order valence-electron chi connectivity index (χ2n) is 9.59. The summed E-state index contributed by atoms with van der Waals surface area (Å²) in [5.74, 6) is -2.19. The standard InChI is InChI=1S/C29H24F2N6O6/c1-16(2)35-15-26(27(39)37(29(35)41)21-7-4-18(30)5-8-21)43-28(40)34-19-6-9-24(22(31)12-19)42-25-13-20(33-17(3)38)14-36-23(25)10-11-32-36/h4-16H,1-3H3,(H,33,38)(H,34,40). The Morgan fingerprint density at radius 2 is 1.63 bits per heavy atom. The normalized spacial score (nSPS) is 11.0. The van der Waals surface area contributed by atoms with E-state index in [1.54, 1.807) is 26.1 Å². The minimum absolute atomic E-state index is 0.0209. The average Bonchev–Trinajstić information content (AvgIpc) is 3.41. The molecule has 0 spiro atoms. The van der Waals surface area contributed by atoms with Crippen LogP contribution in [0.3, 0.4) is 0 Å². The third-order valence-corrected chi connectivity index (χ3v) is 6.12. The predicted octanol–water partition coefficient (Wildman–Crippen LogP) is 4.87. The topological polar surface area (TPSA) is 138 Å². The lowest BCUT2D eigenvalue weighted by atomic mass is 10.2. The molecule has 0 saturated carbocycles. The number of carbonyl (C=O) groups is 2.